The van der Waals surface area contributed by atoms with Crippen molar-refractivity contribution >= 4 is 0 Å². The van der Waals surface area contributed by atoms with Gasteiger partial charge in [-0.1, -0.05) is 138 Å². The van der Waals surface area contributed by atoms with E-state index in [0.29, 0.717) is 0 Å². The molecule has 0 aliphatic heterocycles. The van der Waals surface area contributed by atoms with Gasteiger partial charge in [0.2, 0.25) is 0 Å². The molecule has 182 valence electrons. The number of benzene rings is 2. The second kappa shape index (κ2) is 19.6. The molecule has 2 aromatic carbocycles. The summed E-state index contributed by atoms with van der Waals surface area (Å²) in [6.07, 6.45) is 24.0. The average Bonchev–Trinajstić information content (AvgIpc) is 2.85. The molecular formula is C32H49N. The molecule has 0 bridgehead atoms. The summed E-state index contributed by atoms with van der Waals surface area (Å²) in [5, 5.41) is 0. The molecule has 1 heteroatoms. The Labute approximate surface area is 205 Å². The lowest BCUT2D eigenvalue weighted by Gasteiger charge is -2.22. The zero-order chi connectivity index (χ0) is 23.2. The summed E-state index contributed by atoms with van der Waals surface area (Å²) in [6, 6.07) is 21.8. The first kappa shape index (κ1) is 27.4. The van der Waals surface area contributed by atoms with Crippen molar-refractivity contribution in [2.75, 3.05) is 6.54 Å². The fourth-order valence-corrected chi connectivity index (χ4v) is 4.48. The van der Waals surface area contributed by atoms with E-state index in [0.717, 1.165) is 13.1 Å². The molecule has 1 nitrogen and oxygen atoms in total. The molecule has 0 spiro atoms. The molecule has 0 heterocycles. The average molecular weight is 448 g/mol. The molecule has 2 aromatic rings. The van der Waals surface area contributed by atoms with Crippen molar-refractivity contribution in [3.8, 4) is 0 Å². The fraction of sp³-hybridized carbons (Fsp3) is 0.562. The Bertz CT molecular complexity index is 649. The minimum atomic E-state index is 1.04. The highest BCUT2D eigenvalue weighted by Crippen LogP contribution is 2.14. The molecule has 0 saturated heterocycles. The van der Waals surface area contributed by atoms with E-state index in [4.69, 9.17) is 0 Å². The summed E-state index contributed by atoms with van der Waals surface area (Å²) in [6.45, 7) is 5.56. The Kier molecular flexibility index (Phi) is 16.3. The van der Waals surface area contributed by atoms with Gasteiger partial charge in [-0.05, 0) is 49.8 Å². The Balaban J connectivity index is 1.49. The molecule has 0 amide bonds. The molecule has 0 saturated carbocycles. The molecule has 0 fully saturated rings. The Hall–Kier alpha value is -1.86. The zero-order valence-electron chi connectivity index (χ0n) is 21.4. The van der Waals surface area contributed by atoms with Crippen molar-refractivity contribution in [1.82, 2.24) is 4.90 Å². The van der Waals surface area contributed by atoms with Crippen molar-refractivity contribution < 1.29 is 0 Å². The standard InChI is InChI=1S/C32H49N/c1-2-3-4-5-6-7-8-9-10-11-12-13-14-15-16-23-28-33(29-31-24-19-17-20-25-31)30-32-26-21-18-22-27-32/h7-8,17-22,24-27H,2-6,9-16,23,28-30H2,1H3/b8-7+. The van der Waals surface area contributed by atoms with Crippen LogP contribution in [0.5, 0.6) is 0 Å². The molecule has 0 aliphatic carbocycles. The Morgan fingerprint density at radius 2 is 0.939 bits per heavy atom. The molecule has 0 atom stereocenters. The van der Waals surface area contributed by atoms with E-state index in [9.17, 15) is 0 Å². The van der Waals surface area contributed by atoms with E-state index in [1.54, 1.807) is 0 Å². The van der Waals surface area contributed by atoms with Crippen LogP contribution in [0.25, 0.3) is 0 Å². The number of hydrogen-bond donors (Lipinski definition) is 0. The number of hydrogen-bond acceptors (Lipinski definition) is 1. The minimum absolute atomic E-state index is 1.04. The van der Waals surface area contributed by atoms with Gasteiger partial charge in [0, 0.05) is 13.1 Å². The topological polar surface area (TPSA) is 3.24 Å². The molecule has 2 rings (SSSR count). The fourth-order valence-electron chi connectivity index (χ4n) is 4.48. The molecular weight excluding hydrogens is 398 g/mol. The van der Waals surface area contributed by atoms with E-state index >= 15 is 0 Å². The minimum Gasteiger partial charge on any atom is -0.295 e. The van der Waals surface area contributed by atoms with E-state index in [2.05, 4.69) is 84.6 Å². The van der Waals surface area contributed by atoms with Crippen LogP contribution in [-0.2, 0) is 13.1 Å². The van der Waals surface area contributed by atoms with Gasteiger partial charge >= 0.3 is 0 Å². The lowest BCUT2D eigenvalue weighted by molar-refractivity contribution is 0.250. The van der Waals surface area contributed by atoms with Gasteiger partial charge in [0.1, 0.15) is 0 Å². The van der Waals surface area contributed by atoms with Crippen molar-refractivity contribution in [3.05, 3.63) is 83.9 Å². The predicted octanol–water partition coefficient (Wildman–Crippen LogP) is 9.73. The van der Waals surface area contributed by atoms with Crippen LogP contribution in [0.2, 0.25) is 0 Å². The summed E-state index contributed by atoms with van der Waals surface area (Å²) in [4.78, 5) is 2.61. The summed E-state index contributed by atoms with van der Waals surface area (Å²) in [5.41, 5.74) is 2.83. The van der Waals surface area contributed by atoms with Crippen molar-refractivity contribution in [3.63, 3.8) is 0 Å². The Morgan fingerprint density at radius 3 is 1.42 bits per heavy atom. The number of nitrogens with zero attached hydrogens (tertiary/aromatic N) is 1. The van der Waals surface area contributed by atoms with Crippen molar-refractivity contribution in [2.45, 2.75) is 110 Å². The van der Waals surface area contributed by atoms with Crippen LogP contribution in [0.15, 0.2) is 72.8 Å². The SMILES string of the molecule is CCCCCC/C=C/CCCCCCCCCCN(Cc1ccccc1)Cc1ccccc1. The third kappa shape index (κ3) is 14.8. The monoisotopic (exact) mass is 447 g/mol. The first-order chi connectivity index (χ1) is 16.4. The smallest absolute Gasteiger partial charge is 0.0237 e. The van der Waals surface area contributed by atoms with Gasteiger partial charge in [0.05, 0.1) is 0 Å². The van der Waals surface area contributed by atoms with E-state index in [-0.39, 0.29) is 0 Å². The van der Waals surface area contributed by atoms with Crippen LogP contribution in [-0.4, -0.2) is 11.4 Å². The quantitative estimate of drug-likeness (QED) is 0.144. The first-order valence-corrected chi connectivity index (χ1v) is 13.8. The number of allylic oxidation sites excluding steroid dienone is 2. The highest BCUT2D eigenvalue weighted by atomic mass is 15.1. The van der Waals surface area contributed by atoms with Crippen LogP contribution in [0.1, 0.15) is 108 Å². The lowest BCUT2D eigenvalue weighted by Crippen LogP contribution is -2.24. The predicted molar refractivity (Wildman–Crippen MR) is 146 cm³/mol. The highest BCUT2D eigenvalue weighted by molar-refractivity contribution is 5.17. The second-order valence-electron chi connectivity index (χ2n) is 9.62. The molecule has 0 N–H and O–H groups in total. The van der Waals surface area contributed by atoms with Gasteiger partial charge < -0.3 is 0 Å². The normalized spacial score (nSPS) is 11.6. The molecule has 0 aromatic heterocycles. The van der Waals surface area contributed by atoms with E-state index < -0.39 is 0 Å². The van der Waals surface area contributed by atoms with Crippen LogP contribution in [0, 0.1) is 0 Å². The van der Waals surface area contributed by atoms with E-state index in [1.807, 2.05) is 0 Å². The van der Waals surface area contributed by atoms with Crippen molar-refractivity contribution in [1.29, 1.82) is 0 Å². The third-order valence-corrected chi connectivity index (χ3v) is 6.48. The second-order valence-corrected chi connectivity index (χ2v) is 9.62. The first-order valence-electron chi connectivity index (χ1n) is 13.8. The molecule has 33 heavy (non-hydrogen) atoms. The van der Waals surface area contributed by atoms with Gasteiger partial charge in [0.15, 0.2) is 0 Å². The summed E-state index contributed by atoms with van der Waals surface area (Å²) >= 11 is 0. The molecule has 0 radical (unpaired) electrons. The lowest BCUT2D eigenvalue weighted by atomic mass is 10.1. The largest absolute Gasteiger partial charge is 0.295 e. The highest BCUT2D eigenvalue weighted by Gasteiger charge is 2.07. The van der Waals surface area contributed by atoms with Gasteiger partial charge in [-0.3, -0.25) is 4.90 Å². The third-order valence-electron chi connectivity index (χ3n) is 6.48. The van der Waals surface area contributed by atoms with Gasteiger partial charge in [0.25, 0.3) is 0 Å². The van der Waals surface area contributed by atoms with Crippen LogP contribution >= 0.6 is 0 Å². The maximum atomic E-state index is 2.61. The maximum absolute atomic E-state index is 2.61. The van der Waals surface area contributed by atoms with Gasteiger partial charge in [-0.2, -0.15) is 0 Å². The summed E-state index contributed by atoms with van der Waals surface area (Å²) in [5.74, 6) is 0. The van der Waals surface area contributed by atoms with Crippen molar-refractivity contribution in [2.24, 2.45) is 0 Å². The van der Waals surface area contributed by atoms with Crippen LogP contribution in [0.3, 0.4) is 0 Å². The maximum Gasteiger partial charge on any atom is 0.0237 e. The number of rotatable bonds is 20. The summed E-state index contributed by atoms with van der Waals surface area (Å²) in [7, 11) is 0. The zero-order valence-corrected chi connectivity index (χ0v) is 21.4. The summed E-state index contributed by atoms with van der Waals surface area (Å²) < 4.78 is 0. The molecule has 0 unspecified atom stereocenters. The Morgan fingerprint density at radius 1 is 0.515 bits per heavy atom. The van der Waals surface area contributed by atoms with Gasteiger partial charge in [-0.25, -0.2) is 0 Å². The van der Waals surface area contributed by atoms with E-state index in [1.165, 1.54) is 108 Å². The molecule has 0 aliphatic rings. The number of unbranched alkanes of at least 4 members (excludes halogenated alkanes) is 12. The van der Waals surface area contributed by atoms with Gasteiger partial charge in [-0.15, -0.1) is 0 Å². The van der Waals surface area contributed by atoms with Crippen LogP contribution < -0.4 is 0 Å². The van der Waals surface area contributed by atoms with Crippen LogP contribution in [0.4, 0.5) is 0 Å².